The van der Waals surface area contributed by atoms with Crippen molar-refractivity contribution in [1.29, 1.82) is 0 Å². The lowest BCUT2D eigenvalue weighted by Crippen LogP contribution is -2.63. The topological polar surface area (TPSA) is 38.4 Å². The van der Waals surface area contributed by atoms with E-state index < -0.39 is 0 Å². The first-order valence-electron chi connectivity index (χ1n) is 13.3. The van der Waals surface area contributed by atoms with Gasteiger partial charge in [0.15, 0.2) is 0 Å². The molecule has 0 spiro atoms. The Hall–Kier alpha value is -1.06. The molecule has 5 aliphatic rings. The zero-order chi connectivity index (χ0) is 22.4. The summed E-state index contributed by atoms with van der Waals surface area (Å²) < 4.78 is 0. The van der Waals surface area contributed by atoms with Gasteiger partial charge in [-0.3, -0.25) is 4.99 Å². The molecule has 2 N–H and O–H groups in total. The minimum atomic E-state index is 0.130. The van der Waals surface area contributed by atoms with Gasteiger partial charge in [-0.2, -0.15) is 0 Å². The predicted octanol–water partition coefficient (Wildman–Crippen LogP) is 7.25. The zero-order valence-corrected chi connectivity index (χ0v) is 21.0. The molecule has 4 unspecified atom stereocenters. The minimum absolute atomic E-state index is 0.130. The number of benzene rings is 1. The van der Waals surface area contributed by atoms with E-state index in [0.717, 1.165) is 29.7 Å². The first kappa shape index (κ1) is 22.7. The molecule has 1 aromatic rings. The van der Waals surface area contributed by atoms with Crippen LogP contribution in [0.1, 0.15) is 96.5 Å². The molecule has 0 aromatic heterocycles. The Bertz CT molecular complexity index is 835. The number of hydrogen-bond donors (Lipinski definition) is 1. The summed E-state index contributed by atoms with van der Waals surface area (Å²) >= 11 is 6.19. The summed E-state index contributed by atoms with van der Waals surface area (Å²) in [6, 6.07) is 11.8. The minimum Gasteiger partial charge on any atom is -0.328 e. The molecule has 0 heterocycles. The molecule has 5 saturated carbocycles. The molecule has 3 heteroatoms. The van der Waals surface area contributed by atoms with Crippen molar-refractivity contribution >= 4 is 23.4 Å². The molecule has 4 bridgehead atoms. The van der Waals surface area contributed by atoms with E-state index in [4.69, 9.17) is 22.9 Å². The first-order chi connectivity index (χ1) is 15.5. The number of nitrogens with two attached hydrogens (primary N) is 1. The van der Waals surface area contributed by atoms with Gasteiger partial charge in [0.25, 0.3) is 0 Å². The third kappa shape index (κ3) is 3.63. The summed E-state index contributed by atoms with van der Waals surface area (Å²) in [6.07, 6.45) is 17.3. The average Bonchev–Trinajstić information content (AvgIpc) is 2.81. The van der Waals surface area contributed by atoms with E-state index in [1.165, 1.54) is 64.2 Å². The van der Waals surface area contributed by atoms with Crippen molar-refractivity contribution in [2.45, 2.75) is 102 Å². The largest absolute Gasteiger partial charge is 0.328 e. The van der Waals surface area contributed by atoms with Crippen LogP contribution in [0.3, 0.4) is 0 Å². The summed E-state index contributed by atoms with van der Waals surface area (Å²) in [6.45, 7) is 4.85. The van der Waals surface area contributed by atoms with Crippen LogP contribution in [0.2, 0.25) is 0 Å². The van der Waals surface area contributed by atoms with Crippen molar-refractivity contribution in [2.24, 2.45) is 39.3 Å². The summed E-state index contributed by atoms with van der Waals surface area (Å²) in [5.74, 6) is 2.14. The van der Waals surface area contributed by atoms with Gasteiger partial charge in [0, 0.05) is 17.7 Å². The van der Waals surface area contributed by atoms with Gasteiger partial charge in [0.2, 0.25) is 0 Å². The second-order valence-corrected chi connectivity index (χ2v) is 12.3. The first-order valence-corrected chi connectivity index (χ1v) is 13.8. The number of nitrogens with zero attached hydrogens (tertiary/aromatic N) is 1. The van der Waals surface area contributed by atoms with Gasteiger partial charge in [-0.25, -0.2) is 0 Å². The van der Waals surface area contributed by atoms with Crippen LogP contribution in [0.4, 0.5) is 0 Å². The fourth-order valence-corrected chi connectivity index (χ4v) is 9.19. The monoisotopic (exact) mass is 450 g/mol. The number of thiocarbonyl (C=S) groups is 1. The van der Waals surface area contributed by atoms with Gasteiger partial charge in [-0.1, -0.05) is 62.8 Å². The van der Waals surface area contributed by atoms with Crippen LogP contribution in [-0.2, 0) is 5.41 Å². The molecule has 0 aliphatic heterocycles. The molecule has 0 radical (unpaired) electrons. The second-order valence-electron chi connectivity index (χ2n) is 11.9. The number of hydrogen-bond acceptors (Lipinski definition) is 2. The molecule has 6 rings (SSSR count). The summed E-state index contributed by atoms with van der Waals surface area (Å²) in [4.78, 5) is 6.10. The molecule has 0 amide bonds. The van der Waals surface area contributed by atoms with Crippen molar-refractivity contribution in [3.8, 4) is 0 Å². The lowest BCUT2D eigenvalue weighted by molar-refractivity contribution is -0.147. The van der Waals surface area contributed by atoms with E-state index in [1.807, 2.05) is 0 Å². The number of rotatable bonds is 6. The maximum absolute atomic E-state index is 6.19. The van der Waals surface area contributed by atoms with Crippen LogP contribution in [0.25, 0.3) is 0 Å². The molecule has 1 aromatic carbocycles. The molecule has 0 saturated heterocycles. The number of aliphatic imine (C=N–C) groups is 1. The predicted molar refractivity (Wildman–Crippen MR) is 139 cm³/mol. The van der Waals surface area contributed by atoms with E-state index in [1.54, 1.807) is 5.56 Å². The molecule has 2 nitrogen and oxygen atoms in total. The SMILES string of the molecule is CCCC1(CC)C2CC3(C(=S)N=CC4CCC(N)CC4)C[C@H]1CC(c1ccccc1)(C2)C3. The van der Waals surface area contributed by atoms with Gasteiger partial charge in [0.1, 0.15) is 4.99 Å². The highest BCUT2D eigenvalue weighted by Crippen LogP contribution is 2.73. The third-order valence-corrected chi connectivity index (χ3v) is 10.8. The van der Waals surface area contributed by atoms with Crippen molar-refractivity contribution < 1.29 is 0 Å². The fraction of sp³-hybridized carbons (Fsp3) is 0.724. The van der Waals surface area contributed by atoms with Crippen LogP contribution < -0.4 is 5.73 Å². The lowest BCUT2D eigenvalue weighted by Gasteiger charge is -2.69. The second kappa shape index (κ2) is 8.62. The normalized spacial score (nSPS) is 43.1. The van der Waals surface area contributed by atoms with Crippen molar-refractivity contribution in [3.05, 3.63) is 35.9 Å². The highest BCUT2D eigenvalue weighted by molar-refractivity contribution is 7.80. The van der Waals surface area contributed by atoms with Gasteiger partial charge in [-0.15, -0.1) is 0 Å². The Balaban J connectivity index is 1.46. The maximum atomic E-state index is 6.19. The van der Waals surface area contributed by atoms with Crippen LogP contribution in [0.5, 0.6) is 0 Å². The van der Waals surface area contributed by atoms with E-state index in [-0.39, 0.29) is 5.41 Å². The third-order valence-electron chi connectivity index (χ3n) is 10.3. The van der Waals surface area contributed by atoms with Crippen LogP contribution >= 0.6 is 12.2 Å². The molecular formula is C29H42N2S. The van der Waals surface area contributed by atoms with Crippen LogP contribution in [0, 0.1) is 28.6 Å². The molecule has 32 heavy (non-hydrogen) atoms. The highest BCUT2D eigenvalue weighted by Gasteiger charge is 2.66. The van der Waals surface area contributed by atoms with E-state index in [0.29, 0.717) is 22.8 Å². The molecule has 174 valence electrons. The van der Waals surface area contributed by atoms with E-state index >= 15 is 0 Å². The fourth-order valence-electron chi connectivity index (χ4n) is 8.89. The van der Waals surface area contributed by atoms with E-state index in [2.05, 4.69) is 50.4 Å². The van der Waals surface area contributed by atoms with Gasteiger partial charge >= 0.3 is 0 Å². The molecule has 5 aliphatic carbocycles. The van der Waals surface area contributed by atoms with E-state index in [9.17, 15) is 0 Å². The quantitative estimate of drug-likeness (QED) is 0.366. The van der Waals surface area contributed by atoms with Crippen molar-refractivity contribution in [2.75, 3.05) is 0 Å². The summed E-state index contributed by atoms with van der Waals surface area (Å²) in [5.41, 5.74) is 8.64. The maximum Gasteiger partial charge on any atom is 0.109 e. The van der Waals surface area contributed by atoms with Crippen molar-refractivity contribution in [3.63, 3.8) is 0 Å². The summed E-state index contributed by atoms with van der Waals surface area (Å²) in [7, 11) is 0. The zero-order valence-electron chi connectivity index (χ0n) is 20.2. The highest BCUT2D eigenvalue weighted by atomic mass is 32.1. The van der Waals surface area contributed by atoms with Crippen LogP contribution in [-0.4, -0.2) is 17.2 Å². The Morgan fingerprint density at radius 3 is 2.28 bits per heavy atom. The standard InChI is InChI=1S/C29H42N2S/c1-3-14-29(4-2)23-15-27(22-8-6-5-7-9-22)16-24(29)18-28(17-23,20-27)26(32)31-19-21-10-12-25(30)13-11-21/h5-9,19,21,23-25H,3-4,10-18,20,30H2,1-2H3/t21?,23-,24?,25?,27?,28?,29?/m1/s1. The molecule has 5 atom stereocenters. The van der Waals surface area contributed by atoms with Crippen LogP contribution in [0.15, 0.2) is 35.3 Å². The molecule has 5 fully saturated rings. The van der Waals surface area contributed by atoms with Gasteiger partial charge < -0.3 is 5.73 Å². The Morgan fingerprint density at radius 2 is 1.69 bits per heavy atom. The van der Waals surface area contributed by atoms with Gasteiger partial charge in [-0.05, 0) is 105 Å². The Kier molecular flexibility index (Phi) is 6.12. The Labute approximate surface area is 200 Å². The smallest absolute Gasteiger partial charge is 0.109 e. The summed E-state index contributed by atoms with van der Waals surface area (Å²) in [5, 5.41) is 0. The average molecular weight is 451 g/mol. The Morgan fingerprint density at radius 1 is 1.03 bits per heavy atom. The lowest BCUT2D eigenvalue weighted by atomic mass is 9.35. The van der Waals surface area contributed by atoms with Gasteiger partial charge in [0.05, 0.1) is 0 Å². The van der Waals surface area contributed by atoms with Crippen molar-refractivity contribution in [1.82, 2.24) is 0 Å². The molecular weight excluding hydrogens is 408 g/mol.